The van der Waals surface area contributed by atoms with Crippen molar-refractivity contribution in [3.8, 4) is 0 Å². The zero-order valence-corrected chi connectivity index (χ0v) is 10.6. The zero-order valence-electron chi connectivity index (χ0n) is 10.6. The number of nitrogens with zero attached hydrogens (tertiary/aromatic N) is 2. The van der Waals surface area contributed by atoms with Gasteiger partial charge < -0.3 is 9.64 Å². The van der Waals surface area contributed by atoms with E-state index in [0.29, 0.717) is 37.3 Å². The summed E-state index contributed by atoms with van der Waals surface area (Å²) >= 11 is 0. The molecule has 104 valence electrons. The van der Waals surface area contributed by atoms with Gasteiger partial charge in [0.25, 0.3) is 5.91 Å². The van der Waals surface area contributed by atoms with Gasteiger partial charge in [0, 0.05) is 24.7 Å². The number of rotatable bonds is 1. The number of carbonyl (C=O) groups excluding carboxylic acids is 1. The molecule has 1 aliphatic heterocycles. The summed E-state index contributed by atoms with van der Waals surface area (Å²) in [7, 11) is 0. The van der Waals surface area contributed by atoms with Crippen molar-refractivity contribution in [2.45, 2.75) is 0 Å². The maximum absolute atomic E-state index is 13.5. The second-order valence-electron chi connectivity index (χ2n) is 4.56. The zero-order chi connectivity index (χ0) is 14.1. The second-order valence-corrected chi connectivity index (χ2v) is 4.56. The van der Waals surface area contributed by atoms with E-state index in [4.69, 9.17) is 4.74 Å². The SMILES string of the molecule is O=C(c1cnc2c(F)c(F)ccc2c1)N1CCOCC1. The van der Waals surface area contributed by atoms with Crippen LogP contribution in [0.2, 0.25) is 0 Å². The van der Waals surface area contributed by atoms with Crippen molar-refractivity contribution in [3.05, 3.63) is 41.6 Å². The van der Waals surface area contributed by atoms with E-state index in [-0.39, 0.29) is 11.4 Å². The van der Waals surface area contributed by atoms with E-state index >= 15 is 0 Å². The molecule has 2 aromatic rings. The average molecular weight is 278 g/mol. The number of morpholine rings is 1. The van der Waals surface area contributed by atoms with E-state index in [0.717, 1.165) is 6.07 Å². The van der Waals surface area contributed by atoms with Gasteiger partial charge in [0.05, 0.1) is 18.8 Å². The molecule has 1 fully saturated rings. The fourth-order valence-corrected chi connectivity index (χ4v) is 2.21. The number of amides is 1. The van der Waals surface area contributed by atoms with Gasteiger partial charge >= 0.3 is 0 Å². The van der Waals surface area contributed by atoms with Crippen molar-refractivity contribution in [2.75, 3.05) is 26.3 Å². The van der Waals surface area contributed by atoms with E-state index in [1.807, 2.05) is 0 Å². The van der Waals surface area contributed by atoms with E-state index in [1.165, 1.54) is 18.3 Å². The molecule has 1 aromatic carbocycles. The van der Waals surface area contributed by atoms with Crippen LogP contribution in [0.4, 0.5) is 8.78 Å². The molecule has 0 unspecified atom stereocenters. The number of carbonyl (C=O) groups is 1. The van der Waals surface area contributed by atoms with Crippen molar-refractivity contribution < 1.29 is 18.3 Å². The maximum atomic E-state index is 13.5. The molecule has 4 nitrogen and oxygen atoms in total. The third-order valence-corrected chi connectivity index (χ3v) is 3.29. The predicted molar refractivity (Wildman–Crippen MR) is 68.4 cm³/mol. The number of aromatic nitrogens is 1. The van der Waals surface area contributed by atoms with Crippen LogP contribution in [-0.4, -0.2) is 42.1 Å². The largest absolute Gasteiger partial charge is 0.378 e. The Balaban J connectivity index is 1.96. The highest BCUT2D eigenvalue weighted by atomic mass is 19.2. The van der Waals surface area contributed by atoms with Crippen LogP contribution in [0.3, 0.4) is 0 Å². The maximum Gasteiger partial charge on any atom is 0.255 e. The van der Waals surface area contributed by atoms with Crippen molar-refractivity contribution in [1.82, 2.24) is 9.88 Å². The van der Waals surface area contributed by atoms with E-state index in [1.54, 1.807) is 4.90 Å². The van der Waals surface area contributed by atoms with Crippen molar-refractivity contribution in [3.63, 3.8) is 0 Å². The molecule has 0 bridgehead atoms. The lowest BCUT2D eigenvalue weighted by atomic mass is 10.1. The minimum Gasteiger partial charge on any atom is -0.378 e. The summed E-state index contributed by atoms with van der Waals surface area (Å²) in [5.41, 5.74) is 0.300. The number of halogens is 2. The first kappa shape index (κ1) is 12.9. The Kier molecular flexibility index (Phi) is 3.31. The minimum absolute atomic E-state index is 0.0662. The van der Waals surface area contributed by atoms with Crippen LogP contribution >= 0.6 is 0 Å². The van der Waals surface area contributed by atoms with Gasteiger partial charge in [-0.1, -0.05) is 0 Å². The molecule has 6 heteroatoms. The minimum atomic E-state index is -0.993. The molecule has 1 aliphatic rings. The number of pyridine rings is 1. The Morgan fingerprint density at radius 2 is 2.00 bits per heavy atom. The third-order valence-electron chi connectivity index (χ3n) is 3.29. The van der Waals surface area contributed by atoms with Gasteiger partial charge in [-0.15, -0.1) is 0 Å². The Bertz CT molecular complexity index is 670. The molecule has 0 saturated carbocycles. The number of benzene rings is 1. The van der Waals surface area contributed by atoms with Crippen LogP contribution in [0, 0.1) is 11.6 Å². The van der Waals surface area contributed by atoms with Gasteiger partial charge in [-0.2, -0.15) is 0 Å². The molecule has 1 aromatic heterocycles. The molecule has 0 radical (unpaired) electrons. The second kappa shape index (κ2) is 5.13. The molecule has 0 spiro atoms. The van der Waals surface area contributed by atoms with Crippen LogP contribution in [-0.2, 0) is 4.74 Å². The molecule has 0 atom stereocenters. The molecule has 20 heavy (non-hydrogen) atoms. The molecule has 3 rings (SSSR count). The molecule has 1 amide bonds. The van der Waals surface area contributed by atoms with Gasteiger partial charge in [0.2, 0.25) is 0 Å². The monoisotopic (exact) mass is 278 g/mol. The highest BCUT2D eigenvalue weighted by molar-refractivity contribution is 5.97. The van der Waals surface area contributed by atoms with Gasteiger partial charge in [0.15, 0.2) is 11.6 Å². The number of hydrogen-bond acceptors (Lipinski definition) is 3. The highest BCUT2D eigenvalue weighted by Crippen LogP contribution is 2.20. The predicted octanol–water partition coefficient (Wildman–Crippen LogP) is 1.99. The molecular weight excluding hydrogens is 266 g/mol. The first-order valence-corrected chi connectivity index (χ1v) is 6.27. The summed E-state index contributed by atoms with van der Waals surface area (Å²) in [6.45, 7) is 2.06. The summed E-state index contributed by atoms with van der Waals surface area (Å²) in [5, 5.41) is 0.406. The number of hydrogen-bond donors (Lipinski definition) is 0. The summed E-state index contributed by atoms with van der Waals surface area (Å²) < 4.78 is 31.8. The summed E-state index contributed by atoms with van der Waals surface area (Å²) in [4.78, 5) is 17.8. The van der Waals surface area contributed by atoms with Crippen LogP contribution in [0.15, 0.2) is 24.4 Å². The molecule has 0 aliphatic carbocycles. The number of ether oxygens (including phenoxy) is 1. The first-order valence-electron chi connectivity index (χ1n) is 6.27. The Labute approximate surface area is 114 Å². The van der Waals surface area contributed by atoms with Crippen molar-refractivity contribution in [1.29, 1.82) is 0 Å². The summed E-state index contributed by atoms with van der Waals surface area (Å²) in [6, 6.07) is 3.97. The fraction of sp³-hybridized carbons (Fsp3) is 0.286. The van der Waals surface area contributed by atoms with Crippen molar-refractivity contribution in [2.24, 2.45) is 0 Å². The van der Waals surface area contributed by atoms with Gasteiger partial charge in [0.1, 0.15) is 5.52 Å². The summed E-state index contributed by atoms with van der Waals surface area (Å²) in [6.07, 6.45) is 1.28. The summed E-state index contributed by atoms with van der Waals surface area (Å²) in [5.74, 6) is -2.11. The quantitative estimate of drug-likeness (QED) is 0.801. The Morgan fingerprint density at radius 1 is 1.25 bits per heavy atom. The Morgan fingerprint density at radius 3 is 2.75 bits per heavy atom. The van der Waals surface area contributed by atoms with Crippen LogP contribution in [0.5, 0.6) is 0 Å². The molecule has 0 N–H and O–H groups in total. The molecular formula is C14H12F2N2O2. The van der Waals surface area contributed by atoms with E-state index in [9.17, 15) is 13.6 Å². The topological polar surface area (TPSA) is 42.4 Å². The van der Waals surface area contributed by atoms with Gasteiger partial charge in [-0.3, -0.25) is 9.78 Å². The highest BCUT2D eigenvalue weighted by Gasteiger charge is 2.19. The fourth-order valence-electron chi connectivity index (χ4n) is 2.21. The number of fused-ring (bicyclic) bond motifs is 1. The first-order chi connectivity index (χ1) is 9.66. The lowest BCUT2D eigenvalue weighted by Crippen LogP contribution is -2.40. The van der Waals surface area contributed by atoms with Crippen molar-refractivity contribution >= 4 is 16.8 Å². The van der Waals surface area contributed by atoms with Crippen LogP contribution < -0.4 is 0 Å². The van der Waals surface area contributed by atoms with E-state index in [2.05, 4.69) is 4.98 Å². The average Bonchev–Trinajstić information content (AvgIpc) is 2.51. The van der Waals surface area contributed by atoms with Crippen LogP contribution in [0.25, 0.3) is 10.9 Å². The Hall–Kier alpha value is -2.08. The standard InChI is InChI=1S/C14H12F2N2O2/c15-11-2-1-9-7-10(8-17-13(9)12(11)16)14(19)18-3-5-20-6-4-18/h1-2,7-8H,3-6H2. The van der Waals surface area contributed by atoms with Gasteiger partial charge in [-0.25, -0.2) is 8.78 Å². The molecule has 1 saturated heterocycles. The smallest absolute Gasteiger partial charge is 0.255 e. The van der Waals surface area contributed by atoms with E-state index < -0.39 is 11.6 Å². The van der Waals surface area contributed by atoms with Gasteiger partial charge in [-0.05, 0) is 18.2 Å². The normalized spacial score (nSPS) is 15.6. The third kappa shape index (κ3) is 2.22. The lowest BCUT2D eigenvalue weighted by Gasteiger charge is -2.26. The lowest BCUT2D eigenvalue weighted by molar-refractivity contribution is 0.0302. The van der Waals surface area contributed by atoms with Crippen LogP contribution in [0.1, 0.15) is 10.4 Å². The molecule has 2 heterocycles.